The van der Waals surface area contributed by atoms with E-state index in [0.29, 0.717) is 36.6 Å². The summed E-state index contributed by atoms with van der Waals surface area (Å²) in [5.74, 6) is -0.158. The van der Waals surface area contributed by atoms with Gasteiger partial charge in [-0.1, -0.05) is 11.6 Å². The molecule has 1 unspecified atom stereocenters. The van der Waals surface area contributed by atoms with Gasteiger partial charge < -0.3 is 20.6 Å². The summed E-state index contributed by atoms with van der Waals surface area (Å²) in [5, 5.41) is 16.2. The van der Waals surface area contributed by atoms with Crippen molar-refractivity contribution >= 4 is 29.1 Å². The maximum Gasteiger partial charge on any atom is 0.239 e. The first-order chi connectivity index (χ1) is 11.5. The lowest BCUT2D eigenvalue weighted by Gasteiger charge is -2.33. The number of hydrogen-bond acceptors (Lipinski definition) is 4. The molecule has 0 aromatic heterocycles. The summed E-state index contributed by atoms with van der Waals surface area (Å²) in [7, 11) is 0. The molecule has 2 amide bonds. The van der Waals surface area contributed by atoms with Crippen LogP contribution in [0, 0.1) is 5.92 Å². The van der Waals surface area contributed by atoms with Gasteiger partial charge in [-0.15, -0.1) is 0 Å². The smallest absolute Gasteiger partial charge is 0.239 e. The first-order valence-electron chi connectivity index (χ1n) is 8.36. The van der Waals surface area contributed by atoms with Crippen LogP contribution in [-0.2, 0) is 9.59 Å². The van der Waals surface area contributed by atoms with E-state index in [-0.39, 0.29) is 29.5 Å². The van der Waals surface area contributed by atoms with E-state index in [1.54, 1.807) is 6.07 Å². The zero-order valence-corrected chi connectivity index (χ0v) is 14.2. The number of halogens is 1. The molecule has 2 aliphatic heterocycles. The highest BCUT2D eigenvalue weighted by Gasteiger charge is 2.32. The maximum absolute atomic E-state index is 12.4. The zero-order valence-electron chi connectivity index (χ0n) is 13.4. The van der Waals surface area contributed by atoms with Crippen LogP contribution in [0.2, 0.25) is 5.02 Å². The van der Waals surface area contributed by atoms with Crippen LogP contribution in [0.4, 0.5) is 5.69 Å². The van der Waals surface area contributed by atoms with Crippen LogP contribution in [0.1, 0.15) is 25.7 Å². The van der Waals surface area contributed by atoms with Gasteiger partial charge in [0.2, 0.25) is 11.8 Å². The molecule has 0 aliphatic carbocycles. The minimum Gasteiger partial charge on any atom is -0.506 e. The zero-order chi connectivity index (χ0) is 17.1. The molecule has 3 N–H and O–H groups in total. The summed E-state index contributed by atoms with van der Waals surface area (Å²) in [6, 6.07) is 4.49. The molecule has 0 bridgehead atoms. The third kappa shape index (κ3) is 3.82. The number of carbonyl (C=O) groups is 2. The fourth-order valence-corrected chi connectivity index (χ4v) is 3.49. The van der Waals surface area contributed by atoms with Crippen LogP contribution >= 0.6 is 11.6 Å². The molecule has 24 heavy (non-hydrogen) atoms. The minimum atomic E-state index is -0.163. The number of nitrogens with one attached hydrogen (secondary N) is 2. The SMILES string of the molecule is O=C(Nc1cc(Cl)ccc1O)C1CCN(C(=O)C2CCCN2)CC1. The second kappa shape index (κ2) is 7.40. The molecule has 2 fully saturated rings. The molecule has 0 spiro atoms. The molecule has 1 aromatic carbocycles. The Kier molecular flexibility index (Phi) is 5.26. The quantitative estimate of drug-likeness (QED) is 0.727. The van der Waals surface area contributed by atoms with Crippen LogP contribution in [0.5, 0.6) is 5.75 Å². The Labute approximate surface area is 146 Å². The number of carbonyl (C=O) groups excluding carboxylic acids is 2. The number of amides is 2. The summed E-state index contributed by atoms with van der Waals surface area (Å²) >= 11 is 5.89. The Morgan fingerprint density at radius 2 is 2.00 bits per heavy atom. The predicted molar refractivity (Wildman–Crippen MR) is 92.1 cm³/mol. The number of anilines is 1. The minimum absolute atomic E-state index is 0.00679. The molecule has 3 rings (SSSR count). The number of likely N-dealkylation sites (tertiary alicyclic amines) is 1. The lowest BCUT2D eigenvalue weighted by atomic mass is 9.95. The van der Waals surface area contributed by atoms with Gasteiger partial charge in [-0.3, -0.25) is 9.59 Å². The van der Waals surface area contributed by atoms with E-state index in [1.165, 1.54) is 12.1 Å². The Bertz CT molecular complexity index is 624. The topological polar surface area (TPSA) is 81.7 Å². The lowest BCUT2D eigenvalue weighted by Crippen LogP contribution is -2.48. The highest BCUT2D eigenvalue weighted by Crippen LogP contribution is 2.28. The molecule has 130 valence electrons. The van der Waals surface area contributed by atoms with Crippen molar-refractivity contribution in [1.29, 1.82) is 0 Å². The number of hydrogen-bond donors (Lipinski definition) is 3. The monoisotopic (exact) mass is 351 g/mol. The summed E-state index contributed by atoms with van der Waals surface area (Å²) in [6.45, 7) is 2.09. The average molecular weight is 352 g/mol. The fraction of sp³-hybridized carbons (Fsp3) is 0.529. The van der Waals surface area contributed by atoms with E-state index in [9.17, 15) is 14.7 Å². The highest BCUT2D eigenvalue weighted by atomic mass is 35.5. The van der Waals surface area contributed by atoms with E-state index in [1.807, 2.05) is 4.90 Å². The van der Waals surface area contributed by atoms with Gasteiger partial charge in [-0.05, 0) is 50.4 Å². The third-order valence-electron chi connectivity index (χ3n) is 4.75. The molecule has 0 saturated carbocycles. The largest absolute Gasteiger partial charge is 0.506 e. The van der Waals surface area contributed by atoms with Crippen molar-refractivity contribution in [2.24, 2.45) is 5.92 Å². The van der Waals surface area contributed by atoms with E-state index < -0.39 is 0 Å². The summed E-state index contributed by atoms with van der Waals surface area (Å²) in [5.41, 5.74) is 0.321. The number of phenolic OH excluding ortho intramolecular Hbond substituents is 1. The van der Waals surface area contributed by atoms with Crippen LogP contribution in [0.15, 0.2) is 18.2 Å². The molecule has 6 nitrogen and oxygen atoms in total. The molecule has 7 heteroatoms. The Morgan fingerprint density at radius 1 is 1.25 bits per heavy atom. The molecule has 2 aliphatic rings. The summed E-state index contributed by atoms with van der Waals surface area (Å²) < 4.78 is 0. The standard InChI is InChI=1S/C17H22ClN3O3/c18-12-3-4-15(22)14(10-12)20-16(23)11-5-8-21(9-6-11)17(24)13-2-1-7-19-13/h3-4,10-11,13,19,22H,1-2,5-9H2,(H,20,23). The Hall–Kier alpha value is -1.79. The van der Waals surface area contributed by atoms with Gasteiger partial charge in [0.05, 0.1) is 11.7 Å². The molecule has 2 saturated heterocycles. The fourth-order valence-electron chi connectivity index (χ4n) is 3.32. The number of phenols is 1. The van der Waals surface area contributed by atoms with E-state index in [2.05, 4.69) is 10.6 Å². The van der Waals surface area contributed by atoms with Gasteiger partial charge in [0.15, 0.2) is 0 Å². The van der Waals surface area contributed by atoms with Gasteiger partial charge in [0, 0.05) is 24.0 Å². The van der Waals surface area contributed by atoms with Gasteiger partial charge >= 0.3 is 0 Å². The van der Waals surface area contributed by atoms with E-state index in [0.717, 1.165) is 19.4 Å². The van der Waals surface area contributed by atoms with Gasteiger partial charge in [-0.2, -0.15) is 0 Å². The summed E-state index contributed by atoms with van der Waals surface area (Å²) in [4.78, 5) is 26.6. The first-order valence-corrected chi connectivity index (χ1v) is 8.74. The molecule has 0 radical (unpaired) electrons. The molecular formula is C17H22ClN3O3. The van der Waals surface area contributed by atoms with Crippen LogP contribution in [0.25, 0.3) is 0 Å². The number of piperidine rings is 1. The number of nitrogens with zero attached hydrogens (tertiary/aromatic N) is 1. The third-order valence-corrected chi connectivity index (χ3v) is 4.99. The van der Waals surface area contributed by atoms with Crippen molar-refractivity contribution in [1.82, 2.24) is 10.2 Å². The maximum atomic E-state index is 12.4. The van der Waals surface area contributed by atoms with Gasteiger partial charge in [0.25, 0.3) is 0 Å². The molecular weight excluding hydrogens is 330 g/mol. The molecule has 2 heterocycles. The predicted octanol–water partition coefficient (Wildman–Crippen LogP) is 1.97. The Morgan fingerprint density at radius 3 is 2.67 bits per heavy atom. The molecule has 1 atom stereocenters. The second-order valence-electron chi connectivity index (χ2n) is 6.40. The van der Waals surface area contributed by atoms with Crippen molar-refractivity contribution in [2.75, 3.05) is 25.0 Å². The van der Waals surface area contributed by atoms with E-state index in [4.69, 9.17) is 11.6 Å². The Balaban J connectivity index is 1.53. The van der Waals surface area contributed by atoms with Crippen LogP contribution < -0.4 is 10.6 Å². The van der Waals surface area contributed by atoms with Crippen LogP contribution in [0.3, 0.4) is 0 Å². The second-order valence-corrected chi connectivity index (χ2v) is 6.84. The van der Waals surface area contributed by atoms with Crippen molar-refractivity contribution in [3.05, 3.63) is 23.2 Å². The normalized spacial score (nSPS) is 21.7. The van der Waals surface area contributed by atoms with Gasteiger partial charge in [0.1, 0.15) is 5.75 Å². The van der Waals surface area contributed by atoms with Crippen molar-refractivity contribution in [2.45, 2.75) is 31.7 Å². The number of benzene rings is 1. The van der Waals surface area contributed by atoms with Gasteiger partial charge in [-0.25, -0.2) is 0 Å². The number of rotatable bonds is 3. The molecule has 1 aromatic rings. The van der Waals surface area contributed by atoms with E-state index >= 15 is 0 Å². The summed E-state index contributed by atoms with van der Waals surface area (Å²) in [6.07, 6.45) is 3.20. The van der Waals surface area contributed by atoms with Crippen molar-refractivity contribution < 1.29 is 14.7 Å². The highest BCUT2D eigenvalue weighted by molar-refractivity contribution is 6.31. The lowest BCUT2D eigenvalue weighted by molar-refractivity contribution is -0.136. The average Bonchev–Trinajstić information content (AvgIpc) is 3.12. The number of aromatic hydroxyl groups is 1. The van der Waals surface area contributed by atoms with Crippen LogP contribution in [-0.4, -0.2) is 47.5 Å². The van der Waals surface area contributed by atoms with Crippen molar-refractivity contribution in [3.8, 4) is 5.75 Å². The first kappa shape index (κ1) is 17.0. The van der Waals surface area contributed by atoms with Crippen molar-refractivity contribution in [3.63, 3.8) is 0 Å².